The number of carbonyl (C=O) groups excluding carboxylic acids is 1. The highest BCUT2D eigenvalue weighted by Gasteiger charge is 2.08. The van der Waals surface area contributed by atoms with Gasteiger partial charge in [-0.25, -0.2) is 9.50 Å². The van der Waals surface area contributed by atoms with Crippen LogP contribution in [0.5, 0.6) is 0 Å². The molecule has 5 heteroatoms. The number of carbonyl (C=O) groups is 1. The third-order valence-corrected chi connectivity index (χ3v) is 4.73. The summed E-state index contributed by atoms with van der Waals surface area (Å²) >= 11 is 0. The summed E-state index contributed by atoms with van der Waals surface area (Å²) in [6, 6.07) is 17.4. The van der Waals surface area contributed by atoms with Crippen LogP contribution in [0.3, 0.4) is 0 Å². The van der Waals surface area contributed by atoms with Gasteiger partial charge in [-0.15, -0.1) is 0 Å². The molecule has 0 aliphatic heterocycles. The SMILES string of the molecule is C=c1ccc(Cc2cnc3ccc(-c4cccc(C=O)c4)nn23)c/c1=C/C=C\N. The van der Waals surface area contributed by atoms with Crippen molar-refractivity contribution < 1.29 is 4.79 Å². The van der Waals surface area contributed by atoms with Gasteiger partial charge < -0.3 is 5.73 Å². The molecule has 0 saturated carbocycles. The first-order valence-electron chi connectivity index (χ1n) is 9.24. The van der Waals surface area contributed by atoms with Gasteiger partial charge in [0.05, 0.1) is 17.6 Å². The minimum atomic E-state index is 0.624. The number of hydrogen-bond donors (Lipinski definition) is 1. The molecule has 0 amide bonds. The van der Waals surface area contributed by atoms with Crippen LogP contribution in [0, 0.1) is 0 Å². The van der Waals surface area contributed by atoms with Crippen molar-refractivity contribution >= 4 is 24.6 Å². The van der Waals surface area contributed by atoms with E-state index in [0.717, 1.165) is 44.9 Å². The van der Waals surface area contributed by atoms with E-state index in [-0.39, 0.29) is 0 Å². The number of allylic oxidation sites excluding steroid dienone is 1. The number of hydrogen-bond acceptors (Lipinski definition) is 4. The Kier molecular flexibility index (Phi) is 5.03. The Balaban J connectivity index is 1.74. The predicted molar refractivity (Wildman–Crippen MR) is 116 cm³/mol. The van der Waals surface area contributed by atoms with Crippen LogP contribution in [0.15, 0.2) is 73.1 Å². The fourth-order valence-corrected chi connectivity index (χ4v) is 3.24. The molecule has 2 aromatic carbocycles. The number of fused-ring (bicyclic) bond motifs is 1. The zero-order valence-electron chi connectivity index (χ0n) is 15.8. The Morgan fingerprint density at radius 2 is 2.00 bits per heavy atom. The first kappa shape index (κ1) is 18.4. The molecule has 0 aliphatic rings. The molecule has 2 aromatic heterocycles. The Labute approximate surface area is 168 Å². The average molecular weight is 380 g/mol. The van der Waals surface area contributed by atoms with Crippen LogP contribution in [-0.2, 0) is 6.42 Å². The Morgan fingerprint density at radius 1 is 1.10 bits per heavy atom. The summed E-state index contributed by atoms with van der Waals surface area (Å²) in [7, 11) is 0. The van der Waals surface area contributed by atoms with Crippen molar-refractivity contribution in [2.45, 2.75) is 6.42 Å². The fraction of sp³-hybridized carbons (Fsp3) is 0.0417. The summed E-state index contributed by atoms with van der Waals surface area (Å²) in [5.74, 6) is 0. The summed E-state index contributed by atoms with van der Waals surface area (Å²) in [5, 5.41) is 6.73. The molecular weight excluding hydrogens is 360 g/mol. The number of imidazole rings is 1. The number of benzene rings is 2. The molecular formula is C24H20N4O. The van der Waals surface area contributed by atoms with Crippen LogP contribution in [0.25, 0.3) is 29.6 Å². The van der Waals surface area contributed by atoms with E-state index < -0.39 is 0 Å². The predicted octanol–water partition coefficient (Wildman–Crippen LogP) is 2.46. The maximum Gasteiger partial charge on any atom is 0.153 e. The number of nitrogens with zero attached hydrogens (tertiary/aromatic N) is 3. The molecule has 0 atom stereocenters. The second kappa shape index (κ2) is 7.94. The lowest BCUT2D eigenvalue weighted by Crippen LogP contribution is -2.23. The zero-order chi connectivity index (χ0) is 20.2. The van der Waals surface area contributed by atoms with Crippen LogP contribution in [0.2, 0.25) is 0 Å². The van der Waals surface area contributed by atoms with Gasteiger partial charge >= 0.3 is 0 Å². The molecule has 142 valence electrons. The zero-order valence-corrected chi connectivity index (χ0v) is 15.8. The molecule has 0 fully saturated rings. The van der Waals surface area contributed by atoms with Gasteiger partial charge in [0.1, 0.15) is 6.29 Å². The quantitative estimate of drug-likeness (QED) is 0.540. The third kappa shape index (κ3) is 3.84. The lowest BCUT2D eigenvalue weighted by atomic mass is 10.1. The fourth-order valence-electron chi connectivity index (χ4n) is 3.24. The van der Waals surface area contributed by atoms with E-state index in [9.17, 15) is 4.79 Å². The van der Waals surface area contributed by atoms with Crippen LogP contribution < -0.4 is 16.2 Å². The first-order chi connectivity index (χ1) is 14.2. The molecule has 2 heterocycles. The lowest BCUT2D eigenvalue weighted by Gasteiger charge is -2.06. The maximum atomic E-state index is 11.1. The van der Waals surface area contributed by atoms with E-state index in [0.29, 0.717) is 12.0 Å². The van der Waals surface area contributed by atoms with Gasteiger partial charge in [0.25, 0.3) is 0 Å². The van der Waals surface area contributed by atoms with Crippen LogP contribution in [0.1, 0.15) is 21.6 Å². The maximum absolute atomic E-state index is 11.1. The number of aromatic nitrogens is 3. The third-order valence-electron chi connectivity index (χ3n) is 4.73. The smallest absolute Gasteiger partial charge is 0.153 e. The molecule has 4 aromatic rings. The number of nitrogens with two attached hydrogens (primary N) is 1. The van der Waals surface area contributed by atoms with Gasteiger partial charge in [0.15, 0.2) is 5.65 Å². The summed E-state index contributed by atoms with van der Waals surface area (Å²) in [6.45, 7) is 4.06. The first-order valence-corrected chi connectivity index (χ1v) is 9.24. The second-order valence-corrected chi connectivity index (χ2v) is 6.74. The number of aldehydes is 1. The average Bonchev–Trinajstić information content (AvgIpc) is 3.16. The minimum absolute atomic E-state index is 0.624. The highest BCUT2D eigenvalue weighted by atomic mass is 16.1. The molecule has 4 rings (SSSR count). The topological polar surface area (TPSA) is 73.3 Å². The van der Waals surface area contributed by atoms with Gasteiger partial charge in [0, 0.05) is 17.5 Å². The molecule has 5 nitrogen and oxygen atoms in total. The van der Waals surface area contributed by atoms with Gasteiger partial charge in [-0.2, -0.15) is 5.10 Å². The molecule has 0 aliphatic carbocycles. The van der Waals surface area contributed by atoms with Crippen molar-refractivity contribution in [2.24, 2.45) is 5.73 Å². The molecule has 0 unspecified atom stereocenters. The van der Waals surface area contributed by atoms with E-state index in [2.05, 4.69) is 23.7 Å². The molecule has 0 saturated heterocycles. The van der Waals surface area contributed by atoms with Gasteiger partial charge in [-0.05, 0) is 46.5 Å². The highest BCUT2D eigenvalue weighted by Crippen LogP contribution is 2.19. The van der Waals surface area contributed by atoms with Crippen LogP contribution in [0.4, 0.5) is 0 Å². The van der Waals surface area contributed by atoms with Crippen molar-refractivity contribution in [3.05, 3.63) is 100 Å². The monoisotopic (exact) mass is 380 g/mol. The van der Waals surface area contributed by atoms with Crippen molar-refractivity contribution in [3.8, 4) is 11.3 Å². The second-order valence-electron chi connectivity index (χ2n) is 6.74. The van der Waals surface area contributed by atoms with E-state index in [1.165, 1.54) is 6.20 Å². The molecule has 0 spiro atoms. The molecule has 0 radical (unpaired) electrons. The molecule has 2 N–H and O–H groups in total. The Bertz CT molecular complexity index is 1330. The number of rotatable bonds is 5. The molecule has 29 heavy (non-hydrogen) atoms. The van der Waals surface area contributed by atoms with Crippen molar-refractivity contribution in [1.29, 1.82) is 0 Å². The summed E-state index contributed by atoms with van der Waals surface area (Å²) in [4.78, 5) is 15.6. The lowest BCUT2D eigenvalue weighted by molar-refractivity contribution is 0.112. The van der Waals surface area contributed by atoms with E-state index >= 15 is 0 Å². The summed E-state index contributed by atoms with van der Waals surface area (Å²) < 4.78 is 1.85. The highest BCUT2D eigenvalue weighted by molar-refractivity contribution is 5.78. The normalized spacial score (nSPS) is 12.1. The van der Waals surface area contributed by atoms with E-state index in [1.807, 2.05) is 53.2 Å². The van der Waals surface area contributed by atoms with Gasteiger partial charge in [-0.1, -0.05) is 49.1 Å². The van der Waals surface area contributed by atoms with E-state index in [1.54, 1.807) is 12.1 Å². The standard InChI is InChI=1S/C24H20N4O/c1-17-7-8-18(12-20(17)6-3-11-25)14-22-15-26-24-10-9-23(27-28(22)24)21-5-2-4-19(13-21)16-29/h2-13,15-16H,1,14,25H2/b11-3-,20-6-. The minimum Gasteiger partial charge on any atom is -0.405 e. The summed E-state index contributed by atoms with van der Waals surface area (Å²) in [6.07, 6.45) is 8.60. The Hall–Kier alpha value is -3.99. The van der Waals surface area contributed by atoms with Crippen molar-refractivity contribution in [1.82, 2.24) is 14.6 Å². The van der Waals surface area contributed by atoms with Gasteiger partial charge in [-0.3, -0.25) is 4.79 Å². The largest absolute Gasteiger partial charge is 0.405 e. The van der Waals surface area contributed by atoms with Gasteiger partial charge in [0.2, 0.25) is 0 Å². The summed E-state index contributed by atoms with van der Waals surface area (Å²) in [5.41, 5.74) is 10.6. The van der Waals surface area contributed by atoms with Crippen LogP contribution in [-0.4, -0.2) is 20.9 Å². The van der Waals surface area contributed by atoms with E-state index in [4.69, 9.17) is 10.8 Å². The van der Waals surface area contributed by atoms with Crippen molar-refractivity contribution in [3.63, 3.8) is 0 Å². The van der Waals surface area contributed by atoms with Crippen LogP contribution >= 0.6 is 0 Å². The molecule has 0 bridgehead atoms. The van der Waals surface area contributed by atoms with Crippen molar-refractivity contribution in [2.75, 3.05) is 0 Å². The Morgan fingerprint density at radius 3 is 2.83 bits per heavy atom.